The van der Waals surface area contributed by atoms with Gasteiger partial charge >= 0.3 is 0 Å². The molecule has 0 aliphatic carbocycles. The number of aliphatic imine (C=N–C) groups is 1. The Labute approximate surface area is 208 Å². The van der Waals surface area contributed by atoms with E-state index in [1.54, 1.807) is 14.2 Å². The summed E-state index contributed by atoms with van der Waals surface area (Å²) >= 11 is 0. The average molecular weight is 554 g/mol. The minimum absolute atomic E-state index is 0. The van der Waals surface area contributed by atoms with Crippen molar-refractivity contribution in [2.45, 2.75) is 13.0 Å². The molecule has 1 saturated heterocycles. The third kappa shape index (κ3) is 8.14. The quantitative estimate of drug-likeness (QED) is 0.215. The van der Waals surface area contributed by atoms with Crippen molar-refractivity contribution in [3.63, 3.8) is 0 Å². The van der Waals surface area contributed by atoms with Gasteiger partial charge in [0.2, 0.25) is 0 Å². The van der Waals surface area contributed by atoms with Crippen LogP contribution in [0.5, 0.6) is 11.5 Å². The summed E-state index contributed by atoms with van der Waals surface area (Å²) in [5.41, 5.74) is 2.47. The zero-order valence-electron chi connectivity index (χ0n) is 19.2. The van der Waals surface area contributed by atoms with E-state index in [1.165, 1.54) is 11.1 Å². The fourth-order valence-electron chi connectivity index (χ4n) is 3.56. The second-order valence-electron chi connectivity index (χ2n) is 7.48. The van der Waals surface area contributed by atoms with E-state index >= 15 is 0 Å². The van der Waals surface area contributed by atoms with Gasteiger partial charge in [-0.1, -0.05) is 29.8 Å². The molecule has 2 aromatic rings. The van der Waals surface area contributed by atoms with E-state index in [-0.39, 0.29) is 30.0 Å². The Morgan fingerprint density at radius 2 is 1.69 bits per heavy atom. The molecular weight excluding hydrogens is 519 g/mol. The largest absolute Gasteiger partial charge is 0.497 e. The number of nitrogens with zero attached hydrogens (tertiary/aromatic N) is 2. The van der Waals surface area contributed by atoms with Crippen LogP contribution in [0.4, 0.5) is 0 Å². The number of hydrogen-bond acceptors (Lipinski definition) is 5. The molecule has 3 rings (SSSR count). The van der Waals surface area contributed by atoms with Crippen molar-refractivity contribution in [1.29, 1.82) is 0 Å². The van der Waals surface area contributed by atoms with Crippen LogP contribution in [-0.2, 0) is 4.74 Å². The van der Waals surface area contributed by atoms with Crippen LogP contribution in [-0.4, -0.2) is 71.0 Å². The molecule has 0 spiro atoms. The maximum Gasteiger partial charge on any atom is 0.191 e. The first kappa shape index (κ1) is 26.2. The Hall–Kier alpha value is -2.04. The minimum atomic E-state index is 0. The second kappa shape index (κ2) is 14.2. The normalized spacial score (nSPS) is 15.4. The van der Waals surface area contributed by atoms with Crippen LogP contribution in [0.2, 0.25) is 0 Å². The van der Waals surface area contributed by atoms with Crippen LogP contribution in [0.1, 0.15) is 17.2 Å². The van der Waals surface area contributed by atoms with Gasteiger partial charge in [-0.15, -0.1) is 24.0 Å². The summed E-state index contributed by atoms with van der Waals surface area (Å²) in [4.78, 5) is 6.81. The highest BCUT2D eigenvalue weighted by Crippen LogP contribution is 2.23. The minimum Gasteiger partial charge on any atom is -0.497 e. The summed E-state index contributed by atoms with van der Waals surface area (Å²) in [6, 6.07) is 16.6. The van der Waals surface area contributed by atoms with Gasteiger partial charge in [0.25, 0.3) is 0 Å². The fourth-order valence-corrected chi connectivity index (χ4v) is 3.56. The first-order valence-electron chi connectivity index (χ1n) is 10.8. The summed E-state index contributed by atoms with van der Waals surface area (Å²) in [6.07, 6.45) is 0. The molecule has 1 fully saturated rings. The van der Waals surface area contributed by atoms with Crippen LogP contribution in [0.25, 0.3) is 0 Å². The van der Waals surface area contributed by atoms with Crippen molar-refractivity contribution in [2.75, 3.05) is 60.2 Å². The number of benzene rings is 2. The lowest BCUT2D eigenvalue weighted by Crippen LogP contribution is -2.46. The first-order chi connectivity index (χ1) is 15.2. The monoisotopic (exact) mass is 554 g/mol. The van der Waals surface area contributed by atoms with E-state index < -0.39 is 0 Å². The lowest BCUT2D eigenvalue weighted by Gasteiger charge is -2.35. The molecule has 2 N–H and O–H groups in total. The number of aryl methyl sites for hydroxylation is 1. The predicted octanol–water partition coefficient (Wildman–Crippen LogP) is 3.24. The number of guanidine groups is 1. The number of morpholine rings is 1. The molecule has 32 heavy (non-hydrogen) atoms. The average Bonchev–Trinajstić information content (AvgIpc) is 2.82. The van der Waals surface area contributed by atoms with Crippen molar-refractivity contribution in [2.24, 2.45) is 4.99 Å². The Bertz CT molecular complexity index is 809. The third-order valence-corrected chi connectivity index (χ3v) is 5.36. The van der Waals surface area contributed by atoms with E-state index in [0.717, 1.165) is 50.3 Å². The highest BCUT2D eigenvalue weighted by molar-refractivity contribution is 14.0. The second-order valence-corrected chi connectivity index (χ2v) is 7.48. The molecule has 2 aromatic carbocycles. The number of hydrogen-bond donors (Lipinski definition) is 2. The highest BCUT2D eigenvalue weighted by atomic mass is 127. The van der Waals surface area contributed by atoms with Gasteiger partial charge < -0.3 is 24.8 Å². The van der Waals surface area contributed by atoms with Gasteiger partial charge in [-0.05, 0) is 36.8 Å². The van der Waals surface area contributed by atoms with E-state index in [2.05, 4.69) is 39.6 Å². The van der Waals surface area contributed by atoms with Crippen LogP contribution in [0.3, 0.4) is 0 Å². The Morgan fingerprint density at radius 1 is 1.03 bits per heavy atom. The van der Waals surface area contributed by atoms with Crippen LogP contribution < -0.4 is 20.1 Å². The number of halogens is 1. The third-order valence-electron chi connectivity index (χ3n) is 5.36. The maximum absolute atomic E-state index is 5.79. The first-order valence-corrected chi connectivity index (χ1v) is 10.8. The molecule has 1 aliphatic heterocycles. The van der Waals surface area contributed by atoms with Crippen molar-refractivity contribution < 1.29 is 14.2 Å². The van der Waals surface area contributed by atoms with Crippen molar-refractivity contribution in [3.05, 3.63) is 59.7 Å². The fraction of sp³-hybridized carbons (Fsp3) is 0.458. The van der Waals surface area contributed by atoms with Gasteiger partial charge in [0.1, 0.15) is 18.1 Å². The zero-order valence-corrected chi connectivity index (χ0v) is 21.5. The molecule has 1 atom stereocenters. The molecule has 8 heteroatoms. The van der Waals surface area contributed by atoms with Gasteiger partial charge in [-0.2, -0.15) is 0 Å². The van der Waals surface area contributed by atoms with E-state index in [0.29, 0.717) is 13.2 Å². The molecule has 0 aromatic heterocycles. The van der Waals surface area contributed by atoms with Gasteiger partial charge in [-0.25, -0.2) is 0 Å². The molecule has 1 unspecified atom stereocenters. The van der Waals surface area contributed by atoms with Crippen LogP contribution >= 0.6 is 24.0 Å². The number of nitrogens with one attached hydrogen (secondary N) is 2. The summed E-state index contributed by atoms with van der Waals surface area (Å²) in [5, 5.41) is 6.80. The molecule has 176 valence electrons. The summed E-state index contributed by atoms with van der Waals surface area (Å²) < 4.78 is 16.6. The number of methoxy groups -OCH3 is 1. The van der Waals surface area contributed by atoms with E-state index in [9.17, 15) is 0 Å². The lowest BCUT2D eigenvalue weighted by atomic mass is 10.0. The number of ether oxygens (including phenoxy) is 3. The van der Waals surface area contributed by atoms with E-state index in [4.69, 9.17) is 14.2 Å². The molecule has 0 radical (unpaired) electrons. The summed E-state index contributed by atoms with van der Waals surface area (Å²) in [6.45, 7) is 7.38. The molecule has 1 aliphatic rings. The van der Waals surface area contributed by atoms with Crippen LogP contribution in [0, 0.1) is 6.92 Å². The zero-order chi connectivity index (χ0) is 21.9. The predicted molar refractivity (Wildman–Crippen MR) is 140 cm³/mol. The smallest absolute Gasteiger partial charge is 0.191 e. The van der Waals surface area contributed by atoms with Crippen molar-refractivity contribution in [3.8, 4) is 11.5 Å². The topological polar surface area (TPSA) is 67.4 Å². The Kier molecular flexibility index (Phi) is 11.6. The Morgan fingerprint density at radius 3 is 2.31 bits per heavy atom. The summed E-state index contributed by atoms with van der Waals surface area (Å²) in [7, 11) is 3.47. The van der Waals surface area contributed by atoms with Gasteiger partial charge in [0.15, 0.2) is 5.96 Å². The van der Waals surface area contributed by atoms with Crippen molar-refractivity contribution in [1.82, 2.24) is 15.5 Å². The number of rotatable bonds is 9. The highest BCUT2D eigenvalue weighted by Gasteiger charge is 2.23. The molecule has 7 nitrogen and oxygen atoms in total. The van der Waals surface area contributed by atoms with Gasteiger partial charge in [-0.3, -0.25) is 9.89 Å². The van der Waals surface area contributed by atoms with Gasteiger partial charge in [0, 0.05) is 26.7 Å². The molecular formula is C24H35IN4O3. The summed E-state index contributed by atoms with van der Waals surface area (Å²) in [5.74, 6) is 2.50. The van der Waals surface area contributed by atoms with Crippen LogP contribution in [0.15, 0.2) is 53.5 Å². The molecule has 0 amide bonds. The van der Waals surface area contributed by atoms with E-state index in [1.807, 2.05) is 36.4 Å². The van der Waals surface area contributed by atoms with Gasteiger partial charge in [0.05, 0.1) is 32.9 Å². The molecule has 1 heterocycles. The SMILES string of the molecule is CN=C(NCCOc1ccc(C)cc1)NCC(c1ccc(OC)cc1)N1CCOCC1.I. The Balaban J connectivity index is 0.00000363. The lowest BCUT2D eigenvalue weighted by molar-refractivity contribution is 0.0170. The standard InChI is InChI=1S/C24H34N4O3.HI/c1-19-4-8-22(9-5-19)31-15-12-26-24(25-2)27-18-23(28-13-16-30-17-14-28)20-6-10-21(29-3)11-7-20;/h4-11,23H,12-18H2,1-3H3,(H2,25,26,27);1H. The molecule has 0 bridgehead atoms. The van der Waals surface area contributed by atoms with Crippen molar-refractivity contribution >= 4 is 29.9 Å². The maximum atomic E-state index is 5.79. The molecule has 0 saturated carbocycles.